The van der Waals surface area contributed by atoms with Crippen LogP contribution in [0, 0.1) is 0 Å². The van der Waals surface area contributed by atoms with E-state index >= 15 is 0 Å². The number of hydrogen-bond acceptors (Lipinski definition) is 2. The highest BCUT2D eigenvalue weighted by Gasteiger charge is 2.06. The minimum Gasteiger partial charge on any atom is -0.335 e. The molecule has 0 saturated heterocycles. The molecule has 1 atom stereocenters. The predicted molar refractivity (Wildman–Crippen MR) is 50.1 cm³/mol. The maximum Gasteiger partial charge on any atom is 0.317 e. The molecule has 0 aromatic rings. The number of hydrogen-bond donors (Lipinski definition) is 1. The minimum absolute atomic E-state index is 0.0217. The number of amides is 2. The van der Waals surface area contributed by atoms with Crippen LogP contribution in [0.15, 0.2) is 0 Å². The number of rotatable bonds is 3. The van der Waals surface area contributed by atoms with Gasteiger partial charge in [0.2, 0.25) is 0 Å². The van der Waals surface area contributed by atoms with Crippen LogP contribution in [-0.2, 0) is 0 Å². The van der Waals surface area contributed by atoms with E-state index in [2.05, 4.69) is 5.32 Å². The van der Waals surface area contributed by atoms with Gasteiger partial charge in [0.15, 0.2) is 0 Å². The van der Waals surface area contributed by atoms with Crippen molar-refractivity contribution in [3.8, 4) is 0 Å². The largest absolute Gasteiger partial charge is 0.335 e. The molecule has 0 aromatic heterocycles. The first-order chi connectivity index (χ1) is 5.07. The van der Waals surface area contributed by atoms with Crippen LogP contribution in [0.2, 0.25) is 0 Å². The molecule has 0 spiro atoms. The van der Waals surface area contributed by atoms with Gasteiger partial charge in [0.1, 0.15) is 0 Å². The first kappa shape index (κ1) is 10.6. The molecule has 0 aliphatic carbocycles. The van der Waals surface area contributed by atoms with Gasteiger partial charge in [0.05, 0.1) is 0 Å². The average Bonchev–Trinajstić information content (AvgIpc) is 1.87. The zero-order chi connectivity index (χ0) is 8.85. The zero-order valence-electron chi connectivity index (χ0n) is 7.55. The Morgan fingerprint density at radius 2 is 2.18 bits per heavy atom. The number of urea groups is 1. The van der Waals surface area contributed by atoms with E-state index < -0.39 is 0 Å². The normalized spacial score (nSPS) is 12.4. The number of nitrogens with zero attached hydrogens (tertiary/aromatic N) is 1. The second kappa shape index (κ2) is 5.29. The lowest BCUT2D eigenvalue weighted by molar-refractivity contribution is 0.215. The summed E-state index contributed by atoms with van der Waals surface area (Å²) in [4.78, 5) is 12.6. The van der Waals surface area contributed by atoms with Gasteiger partial charge in [-0.15, -0.1) is 0 Å². The van der Waals surface area contributed by atoms with Crippen LogP contribution in [0.4, 0.5) is 4.79 Å². The van der Waals surface area contributed by atoms with Crippen LogP contribution in [0.5, 0.6) is 0 Å². The standard InChI is InChI=1S/C7H16N2OS/c1-6(5-11-4)8-7(10)9(2)3/h6H,5H2,1-4H3,(H,8,10). The summed E-state index contributed by atoms with van der Waals surface area (Å²) in [7, 11) is 3.47. The summed E-state index contributed by atoms with van der Waals surface area (Å²) >= 11 is 1.73. The average molecular weight is 176 g/mol. The van der Waals surface area contributed by atoms with Crippen molar-refractivity contribution in [3.05, 3.63) is 0 Å². The molecular weight excluding hydrogens is 160 g/mol. The van der Waals surface area contributed by atoms with Gasteiger partial charge in [0.25, 0.3) is 0 Å². The topological polar surface area (TPSA) is 32.3 Å². The molecule has 0 fully saturated rings. The summed E-state index contributed by atoms with van der Waals surface area (Å²) in [6.07, 6.45) is 2.03. The molecule has 2 amide bonds. The Kier molecular flexibility index (Phi) is 5.11. The molecule has 3 nitrogen and oxygen atoms in total. The van der Waals surface area contributed by atoms with E-state index in [9.17, 15) is 4.79 Å². The van der Waals surface area contributed by atoms with Gasteiger partial charge in [-0.1, -0.05) is 0 Å². The molecule has 0 aliphatic heterocycles. The highest BCUT2D eigenvalue weighted by Crippen LogP contribution is 1.96. The SMILES string of the molecule is CSCC(C)NC(=O)N(C)C. The molecule has 0 rings (SSSR count). The molecule has 4 heteroatoms. The van der Waals surface area contributed by atoms with Gasteiger partial charge in [-0.05, 0) is 13.2 Å². The molecule has 0 aliphatic rings. The fourth-order valence-electron chi connectivity index (χ4n) is 0.632. The van der Waals surface area contributed by atoms with Crippen LogP contribution in [0.3, 0.4) is 0 Å². The Hall–Kier alpha value is -0.380. The summed E-state index contributed by atoms with van der Waals surface area (Å²) in [5.41, 5.74) is 0. The van der Waals surface area contributed by atoms with Crippen molar-refractivity contribution < 1.29 is 4.79 Å². The Balaban J connectivity index is 3.57. The first-order valence-corrected chi connectivity index (χ1v) is 4.94. The Morgan fingerprint density at radius 3 is 2.55 bits per heavy atom. The lowest BCUT2D eigenvalue weighted by Gasteiger charge is -2.16. The van der Waals surface area contributed by atoms with Crippen molar-refractivity contribution in [2.45, 2.75) is 13.0 Å². The van der Waals surface area contributed by atoms with Crippen molar-refractivity contribution >= 4 is 17.8 Å². The Morgan fingerprint density at radius 1 is 1.64 bits per heavy atom. The number of carbonyl (C=O) groups excluding carboxylic acids is 1. The van der Waals surface area contributed by atoms with Gasteiger partial charge < -0.3 is 10.2 Å². The van der Waals surface area contributed by atoms with Crippen LogP contribution >= 0.6 is 11.8 Å². The van der Waals surface area contributed by atoms with Gasteiger partial charge >= 0.3 is 6.03 Å². The summed E-state index contributed by atoms with van der Waals surface area (Å²) in [6.45, 7) is 2.00. The summed E-state index contributed by atoms with van der Waals surface area (Å²) in [5, 5.41) is 2.85. The van der Waals surface area contributed by atoms with Crippen molar-refractivity contribution in [1.82, 2.24) is 10.2 Å². The van der Waals surface area contributed by atoms with Gasteiger partial charge in [-0.25, -0.2) is 4.79 Å². The molecule has 66 valence electrons. The van der Waals surface area contributed by atoms with Gasteiger partial charge in [-0.3, -0.25) is 0 Å². The van der Waals surface area contributed by atoms with E-state index in [1.54, 1.807) is 25.9 Å². The number of thioether (sulfide) groups is 1. The third-order valence-corrected chi connectivity index (χ3v) is 2.03. The molecule has 0 saturated carbocycles. The number of nitrogens with one attached hydrogen (secondary N) is 1. The van der Waals surface area contributed by atoms with E-state index in [0.29, 0.717) is 0 Å². The second-order valence-electron chi connectivity index (χ2n) is 2.70. The van der Waals surface area contributed by atoms with Gasteiger partial charge in [-0.2, -0.15) is 11.8 Å². The third-order valence-electron chi connectivity index (χ3n) is 1.19. The third kappa shape index (κ3) is 4.95. The second-order valence-corrected chi connectivity index (χ2v) is 3.61. The van der Waals surface area contributed by atoms with E-state index in [-0.39, 0.29) is 12.1 Å². The molecule has 11 heavy (non-hydrogen) atoms. The zero-order valence-corrected chi connectivity index (χ0v) is 8.36. The van der Waals surface area contributed by atoms with Crippen molar-refractivity contribution in [2.24, 2.45) is 0 Å². The maximum absolute atomic E-state index is 11.0. The molecular formula is C7H16N2OS. The van der Waals surface area contributed by atoms with Crippen molar-refractivity contribution in [3.63, 3.8) is 0 Å². The molecule has 0 bridgehead atoms. The van der Waals surface area contributed by atoms with Gasteiger partial charge in [0, 0.05) is 25.9 Å². The lowest BCUT2D eigenvalue weighted by atomic mass is 10.4. The highest BCUT2D eigenvalue weighted by molar-refractivity contribution is 7.98. The number of carbonyl (C=O) groups is 1. The molecule has 0 aromatic carbocycles. The highest BCUT2D eigenvalue weighted by atomic mass is 32.2. The van der Waals surface area contributed by atoms with Crippen LogP contribution in [0.25, 0.3) is 0 Å². The summed E-state index contributed by atoms with van der Waals surface area (Å²) in [5.74, 6) is 0.958. The quantitative estimate of drug-likeness (QED) is 0.696. The van der Waals surface area contributed by atoms with Crippen LogP contribution in [0.1, 0.15) is 6.92 Å². The smallest absolute Gasteiger partial charge is 0.317 e. The fourth-order valence-corrected chi connectivity index (χ4v) is 1.21. The van der Waals surface area contributed by atoms with E-state index in [4.69, 9.17) is 0 Å². The monoisotopic (exact) mass is 176 g/mol. The van der Waals surface area contributed by atoms with Crippen LogP contribution in [-0.4, -0.2) is 43.1 Å². The van der Waals surface area contributed by atoms with E-state index in [0.717, 1.165) is 5.75 Å². The predicted octanol–water partition coefficient (Wildman–Crippen LogP) is 1.01. The summed E-state index contributed by atoms with van der Waals surface area (Å²) in [6, 6.07) is 0.228. The van der Waals surface area contributed by atoms with E-state index in [1.165, 1.54) is 4.90 Å². The van der Waals surface area contributed by atoms with Crippen LogP contribution < -0.4 is 5.32 Å². The Bertz CT molecular complexity index is 128. The lowest BCUT2D eigenvalue weighted by Crippen LogP contribution is -2.41. The Labute approximate surface area is 72.5 Å². The molecule has 0 heterocycles. The molecule has 0 radical (unpaired) electrons. The minimum atomic E-state index is -0.0217. The van der Waals surface area contributed by atoms with E-state index in [1.807, 2.05) is 13.2 Å². The van der Waals surface area contributed by atoms with Crippen molar-refractivity contribution in [1.29, 1.82) is 0 Å². The maximum atomic E-state index is 11.0. The summed E-state index contributed by atoms with van der Waals surface area (Å²) < 4.78 is 0. The van der Waals surface area contributed by atoms with Crippen molar-refractivity contribution in [2.75, 3.05) is 26.1 Å². The first-order valence-electron chi connectivity index (χ1n) is 3.54. The fraction of sp³-hybridized carbons (Fsp3) is 0.857. The molecule has 1 unspecified atom stereocenters. The molecule has 1 N–H and O–H groups in total.